The third-order valence-corrected chi connectivity index (χ3v) is 4.60. The smallest absolute Gasteiger partial charge is 0.269 e. The van der Waals surface area contributed by atoms with Crippen LogP contribution in [0.5, 0.6) is 0 Å². The van der Waals surface area contributed by atoms with E-state index in [0.29, 0.717) is 6.04 Å². The lowest BCUT2D eigenvalue weighted by Gasteiger charge is -2.34. The van der Waals surface area contributed by atoms with Gasteiger partial charge in [0.05, 0.1) is 10.5 Å². The SMILES string of the molecule is C[C@]12N[C@H](Cc3ccc([N+](=O)[O-])cc31)c1ccccc12. The first-order valence-electron chi connectivity index (χ1n) is 6.74. The average molecular weight is 266 g/mol. The van der Waals surface area contributed by atoms with Crippen LogP contribution in [0.15, 0.2) is 42.5 Å². The highest BCUT2D eigenvalue weighted by Gasteiger charge is 2.45. The molecule has 4 nitrogen and oxygen atoms in total. The monoisotopic (exact) mass is 266 g/mol. The summed E-state index contributed by atoms with van der Waals surface area (Å²) in [6, 6.07) is 13.9. The second-order valence-electron chi connectivity index (χ2n) is 5.71. The Morgan fingerprint density at radius 2 is 2.05 bits per heavy atom. The van der Waals surface area contributed by atoms with Crippen LogP contribution in [0, 0.1) is 10.1 Å². The molecule has 0 amide bonds. The lowest BCUT2D eigenvalue weighted by atomic mass is 9.82. The van der Waals surface area contributed by atoms with Crippen LogP contribution >= 0.6 is 0 Å². The van der Waals surface area contributed by atoms with Gasteiger partial charge in [-0.05, 0) is 35.6 Å². The molecule has 0 fully saturated rings. The van der Waals surface area contributed by atoms with Crippen LogP contribution in [0.2, 0.25) is 0 Å². The van der Waals surface area contributed by atoms with Crippen molar-refractivity contribution in [3.05, 3.63) is 74.8 Å². The number of nitro benzene ring substituents is 1. The topological polar surface area (TPSA) is 55.2 Å². The van der Waals surface area contributed by atoms with Crippen molar-refractivity contribution in [1.82, 2.24) is 5.32 Å². The standard InChI is InChI=1S/C16H14N2O2/c1-16-13-5-3-2-4-12(13)15(17-16)8-10-6-7-11(18(19)20)9-14(10)16/h2-7,9,15,17H,8H2,1H3/t15-,16-/m1/s1. The minimum Gasteiger partial charge on any atom is -0.297 e. The van der Waals surface area contributed by atoms with Crippen molar-refractivity contribution in [3.63, 3.8) is 0 Å². The number of non-ortho nitro benzene ring substituents is 1. The van der Waals surface area contributed by atoms with Gasteiger partial charge in [-0.3, -0.25) is 15.4 Å². The van der Waals surface area contributed by atoms with Crippen molar-refractivity contribution in [2.75, 3.05) is 0 Å². The molecule has 1 N–H and O–H groups in total. The Kier molecular flexibility index (Phi) is 2.13. The third-order valence-electron chi connectivity index (χ3n) is 4.60. The van der Waals surface area contributed by atoms with Crippen molar-refractivity contribution in [1.29, 1.82) is 0 Å². The molecular formula is C16H14N2O2. The molecule has 0 spiro atoms. The molecule has 2 aliphatic rings. The number of rotatable bonds is 1. The minimum atomic E-state index is -0.323. The van der Waals surface area contributed by atoms with Gasteiger partial charge in [0, 0.05) is 18.2 Å². The van der Waals surface area contributed by atoms with Crippen LogP contribution in [0.25, 0.3) is 0 Å². The molecule has 2 atom stereocenters. The molecule has 20 heavy (non-hydrogen) atoms. The number of nitrogens with zero attached hydrogens (tertiary/aromatic N) is 1. The fraction of sp³-hybridized carbons (Fsp3) is 0.250. The summed E-state index contributed by atoms with van der Waals surface area (Å²) in [6.45, 7) is 2.12. The minimum absolute atomic E-state index is 0.162. The highest BCUT2D eigenvalue weighted by atomic mass is 16.6. The normalized spacial score (nSPS) is 25.9. The molecule has 2 aromatic carbocycles. The molecule has 2 heterocycles. The van der Waals surface area contributed by atoms with Crippen molar-refractivity contribution in [3.8, 4) is 0 Å². The van der Waals surface area contributed by atoms with Crippen LogP contribution in [-0.2, 0) is 12.0 Å². The van der Waals surface area contributed by atoms with Crippen LogP contribution in [-0.4, -0.2) is 4.92 Å². The molecule has 0 aliphatic carbocycles. The van der Waals surface area contributed by atoms with E-state index >= 15 is 0 Å². The van der Waals surface area contributed by atoms with Crippen molar-refractivity contribution in [2.45, 2.75) is 24.9 Å². The van der Waals surface area contributed by atoms with Crippen LogP contribution < -0.4 is 5.32 Å². The average Bonchev–Trinajstić information content (AvgIpc) is 2.69. The van der Waals surface area contributed by atoms with Gasteiger partial charge in [0.1, 0.15) is 0 Å². The summed E-state index contributed by atoms with van der Waals surface area (Å²) in [5.41, 5.74) is 4.64. The molecule has 0 unspecified atom stereocenters. The fourth-order valence-electron chi connectivity index (χ4n) is 3.69. The third kappa shape index (κ3) is 1.34. The first-order valence-corrected chi connectivity index (χ1v) is 6.74. The van der Waals surface area contributed by atoms with Crippen LogP contribution in [0.4, 0.5) is 5.69 Å². The maximum absolute atomic E-state index is 11.0. The Morgan fingerprint density at radius 3 is 2.85 bits per heavy atom. The summed E-state index contributed by atoms with van der Waals surface area (Å²) in [6.07, 6.45) is 0.889. The second-order valence-corrected chi connectivity index (χ2v) is 5.71. The maximum Gasteiger partial charge on any atom is 0.269 e. The number of hydrogen-bond donors (Lipinski definition) is 1. The Bertz CT molecular complexity index is 741. The van der Waals surface area contributed by atoms with E-state index in [1.165, 1.54) is 16.7 Å². The molecule has 100 valence electrons. The van der Waals surface area contributed by atoms with Crippen LogP contribution in [0.3, 0.4) is 0 Å². The number of nitro groups is 1. The van der Waals surface area contributed by atoms with Gasteiger partial charge in [0.15, 0.2) is 0 Å². The zero-order chi connectivity index (χ0) is 13.9. The quantitative estimate of drug-likeness (QED) is 0.637. The number of benzene rings is 2. The van der Waals surface area contributed by atoms with Gasteiger partial charge in [-0.25, -0.2) is 0 Å². The Balaban J connectivity index is 1.98. The van der Waals surface area contributed by atoms with Gasteiger partial charge in [-0.1, -0.05) is 30.3 Å². The van der Waals surface area contributed by atoms with Gasteiger partial charge >= 0.3 is 0 Å². The van der Waals surface area contributed by atoms with E-state index in [1.54, 1.807) is 12.1 Å². The highest BCUT2D eigenvalue weighted by Crippen LogP contribution is 2.48. The fourth-order valence-corrected chi connectivity index (χ4v) is 3.69. The van der Waals surface area contributed by atoms with Gasteiger partial charge in [-0.2, -0.15) is 0 Å². The van der Waals surface area contributed by atoms with E-state index < -0.39 is 0 Å². The lowest BCUT2D eigenvalue weighted by molar-refractivity contribution is -0.385. The molecule has 0 radical (unpaired) electrons. The van der Waals surface area contributed by atoms with Gasteiger partial charge < -0.3 is 0 Å². The number of hydrogen-bond acceptors (Lipinski definition) is 3. The second kappa shape index (κ2) is 3.67. The largest absolute Gasteiger partial charge is 0.297 e. The highest BCUT2D eigenvalue weighted by molar-refractivity contribution is 5.56. The summed E-state index contributed by atoms with van der Waals surface area (Å²) in [5.74, 6) is 0. The van der Waals surface area contributed by atoms with E-state index in [-0.39, 0.29) is 16.1 Å². The molecule has 4 heteroatoms. The molecule has 4 rings (SSSR count). The Morgan fingerprint density at radius 1 is 1.25 bits per heavy atom. The molecular weight excluding hydrogens is 252 g/mol. The van der Waals surface area contributed by atoms with Crippen molar-refractivity contribution >= 4 is 5.69 Å². The predicted molar refractivity (Wildman–Crippen MR) is 75.6 cm³/mol. The summed E-state index contributed by atoms with van der Waals surface area (Å²) < 4.78 is 0. The molecule has 2 bridgehead atoms. The summed E-state index contributed by atoms with van der Waals surface area (Å²) in [4.78, 5) is 10.7. The number of nitrogens with one attached hydrogen (secondary N) is 1. The first kappa shape index (κ1) is 11.6. The van der Waals surface area contributed by atoms with Crippen molar-refractivity contribution < 1.29 is 4.92 Å². The van der Waals surface area contributed by atoms with E-state index in [2.05, 4.69) is 30.4 Å². The summed E-state index contributed by atoms with van der Waals surface area (Å²) in [5, 5.41) is 14.7. The summed E-state index contributed by atoms with van der Waals surface area (Å²) >= 11 is 0. The molecule has 0 saturated heterocycles. The van der Waals surface area contributed by atoms with E-state index in [4.69, 9.17) is 0 Å². The van der Waals surface area contributed by atoms with Crippen LogP contribution in [0.1, 0.15) is 35.2 Å². The summed E-state index contributed by atoms with van der Waals surface area (Å²) in [7, 11) is 0. The van der Waals surface area contributed by atoms with Gasteiger partial charge in [0.2, 0.25) is 0 Å². The zero-order valence-corrected chi connectivity index (χ0v) is 11.1. The molecule has 0 aromatic heterocycles. The van der Waals surface area contributed by atoms with E-state index in [1.807, 2.05) is 12.1 Å². The molecule has 2 aliphatic heterocycles. The van der Waals surface area contributed by atoms with Gasteiger partial charge in [0.25, 0.3) is 5.69 Å². The van der Waals surface area contributed by atoms with E-state index in [0.717, 1.165) is 12.0 Å². The van der Waals surface area contributed by atoms with Crippen molar-refractivity contribution in [2.24, 2.45) is 0 Å². The Hall–Kier alpha value is -2.20. The van der Waals surface area contributed by atoms with E-state index in [9.17, 15) is 10.1 Å². The Labute approximate surface area is 116 Å². The number of fused-ring (bicyclic) bond motifs is 7. The first-order chi connectivity index (χ1) is 9.59. The lowest BCUT2D eigenvalue weighted by Crippen LogP contribution is -2.41. The van der Waals surface area contributed by atoms with Gasteiger partial charge in [-0.15, -0.1) is 0 Å². The zero-order valence-electron chi connectivity index (χ0n) is 11.1. The maximum atomic E-state index is 11.0. The molecule has 0 saturated carbocycles. The molecule has 2 aromatic rings. The predicted octanol–water partition coefficient (Wildman–Crippen LogP) is 3.06.